The van der Waals surface area contributed by atoms with E-state index in [2.05, 4.69) is 15.1 Å². The highest BCUT2D eigenvalue weighted by atomic mass is 16.5. The molecule has 0 amide bonds. The van der Waals surface area contributed by atoms with E-state index in [1.165, 1.54) is 0 Å². The lowest BCUT2D eigenvalue weighted by Gasteiger charge is -1.97. The van der Waals surface area contributed by atoms with Gasteiger partial charge in [-0.1, -0.05) is 12.1 Å². The van der Waals surface area contributed by atoms with Gasteiger partial charge in [-0.3, -0.25) is 0 Å². The fourth-order valence-corrected chi connectivity index (χ4v) is 1.36. The molecule has 80 valence electrons. The summed E-state index contributed by atoms with van der Waals surface area (Å²) in [5, 5.41) is 12.6. The highest BCUT2D eigenvalue weighted by Crippen LogP contribution is 2.18. The second kappa shape index (κ2) is 4.11. The first-order chi connectivity index (χ1) is 7.72. The van der Waals surface area contributed by atoms with E-state index in [4.69, 9.17) is 9.78 Å². The molecule has 0 spiro atoms. The van der Waals surface area contributed by atoms with E-state index in [1.807, 2.05) is 26.0 Å². The van der Waals surface area contributed by atoms with Crippen LogP contribution in [0.2, 0.25) is 0 Å². The maximum Gasteiger partial charge on any atom is 0.258 e. The van der Waals surface area contributed by atoms with Gasteiger partial charge < -0.3 is 4.52 Å². The number of rotatable bonds is 2. The molecule has 0 saturated heterocycles. The molecular weight excluding hydrogens is 204 g/mol. The molecule has 0 aliphatic rings. The Morgan fingerprint density at radius 1 is 1.38 bits per heavy atom. The zero-order valence-corrected chi connectivity index (χ0v) is 9.06. The number of nitriles is 1. The molecule has 2 aromatic rings. The van der Waals surface area contributed by atoms with Gasteiger partial charge in [0.15, 0.2) is 5.82 Å². The molecule has 0 saturated carbocycles. The summed E-state index contributed by atoms with van der Waals surface area (Å²) in [5.41, 5.74) is 1.84. The van der Waals surface area contributed by atoms with Crippen LogP contribution in [0.5, 0.6) is 0 Å². The molecule has 0 radical (unpaired) electrons. The van der Waals surface area contributed by atoms with Crippen LogP contribution in [0.3, 0.4) is 0 Å². The van der Waals surface area contributed by atoms with E-state index in [1.54, 1.807) is 6.07 Å². The SMILES string of the molecule is CCc1noc(-c2cc(C)nc(C#N)c2)n1. The zero-order valence-electron chi connectivity index (χ0n) is 9.06. The van der Waals surface area contributed by atoms with Crippen LogP contribution in [0.25, 0.3) is 11.5 Å². The third kappa shape index (κ3) is 1.91. The number of hydrogen-bond donors (Lipinski definition) is 0. The summed E-state index contributed by atoms with van der Waals surface area (Å²) < 4.78 is 5.10. The van der Waals surface area contributed by atoms with Crippen molar-refractivity contribution in [1.82, 2.24) is 15.1 Å². The molecule has 0 unspecified atom stereocenters. The number of aryl methyl sites for hydroxylation is 2. The monoisotopic (exact) mass is 214 g/mol. The van der Waals surface area contributed by atoms with Crippen molar-refractivity contribution in [1.29, 1.82) is 5.26 Å². The molecule has 5 heteroatoms. The van der Waals surface area contributed by atoms with Gasteiger partial charge in [0.2, 0.25) is 0 Å². The summed E-state index contributed by atoms with van der Waals surface area (Å²) in [6.45, 7) is 3.77. The van der Waals surface area contributed by atoms with Crippen LogP contribution in [0.4, 0.5) is 0 Å². The summed E-state index contributed by atoms with van der Waals surface area (Å²) in [6.07, 6.45) is 0.721. The Labute approximate surface area is 92.7 Å². The largest absolute Gasteiger partial charge is 0.334 e. The van der Waals surface area contributed by atoms with Crippen LogP contribution >= 0.6 is 0 Å². The Balaban J connectivity index is 2.47. The van der Waals surface area contributed by atoms with Crippen molar-refractivity contribution >= 4 is 0 Å². The van der Waals surface area contributed by atoms with Gasteiger partial charge in [0, 0.05) is 17.7 Å². The minimum absolute atomic E-state index is 0.353. The van der Waals surface area contributed by atoms with Crippen molar-refractivity contribution in [2.75, 3.05) is 0 Å². The third-order valence-corrected chi connectivity index (χ3v) is 2.10. The van der Waals surface area contributed by atoms with Gasteiger partial charge in [0.1, 0.15) is 11.8 Å². The zero-order chi connectivity index (χ0) is 11.5. The molecule has 0 fully saturated rings. The predicted octanol–water partition coefficient (Wildman–Crippen LogP) is 1.87. The highest BCUT2D eigenvalue weighted by molar-refractivity contribution is 5.55. The molecular formula is C11H10N4O. The van der Waals surface area contributed by atoms with Crippen LogP contribution in [0, 0.1) is 18.3 Å². The van der Waals surface area contributed by atoms with Crippen molar-refractivity contribution in [2.24, 2.45) is 0 Å². The first-order valence-electron chi connectivity index (χ1n) is 4.94. The summed E-state index contributed by atoms with van der Waals surface area (Å²) in [5.74, 6) is 1.09. The van der Waals surface area contributed by atoms with Gasteiger partial charge in [0.05, 0.1) is 0 Å². The number of pyridine rings is 1. The lowest BCUT2D eigenvalue weighted by atomic mass is 10.2. The van der Waals surface area contributed by atoms with Crippen molar-refractivity contribution in [3.8, 4) is 17.5 Å². The van der Waals surface area contributed by atoms with E-state index in [0.29, 0.717) is 17.4 Å². The molecule has 2 rings (SSSR count). The van der Waals surface area contributed by atoms with Crippen LogP contribution in [0.1, 0.15) is 24.1 Å². The minimum atomic E-state index is 0.353. The minimum Gasteiger partial charge on any atom is -0.334 e. The molecule has 2 aromatic heterocycles. The summed E-state index contributed by atoms with van der Waals surface area (Å²) in [4.78, 5) is 8.25. The van der Waals surface area contributed by atoms with Crippen LogP contribution in [0.15, 0.2) is 16.7 Å². The second-order valence-electron chi connectivity index (χ2n) is 3.36. The Bertz CT molecular complexity index is 553. The number of nitrogens with zero attached hydrogens (tertiary/aromatic N) is 4. The predicted molar refractivity (Wildman–Crippen MR) is 56.4 cm³/mol. The average Bonchev–Trinajstić information content (AvgIpc) is 2.76. The Kier molecular flexibility index (Phi) is 2.64. The maximum atomic E-state index is 8.81. The lowest BCUT2D eigenvalue weighted by molar-refractivity contribution is 0.423. The van der Waals surface area contributed by atoms with E-state index in [9.17, 15) is 0 Å². The van der Waals surface area contributed by atoms with E-state index >= 15 is 0 Å². The molecule has 0 aliphatic carbocycles. The van der Waals surface area contributed by atoms with Crippen LogP contribution in [-0.2, 0) is 6.42 Å². The third-order valence-electron chi connectivity index (χ3n) is 2.10. The molecule has 0 aromatic carbocycles. The molecule has 2 heterocycles. The van der Waals surface area contributed by atoms with Gasteiger partial charge in [-0.05, 0) is 19.1 Å². The molecule has 0 N–H and O–H groups in total. The van der Waals surface area contributed by atoms with E-state index in [0.717, 1.165) is 17.7 Å². The Morgan fingerprint density at radius 2 is 2.19 bits per heavy atom. The Morgan fingerprint density at radius 3 is 2.81 bits per heavy atom. The quantitative estimate of drug-likeness (QED) is 0.762. The molecule has 0 atom stereocenters. The fraction of sp³-hybridized carbons (Fsp3) is 0.273. The number of aromatic nitrogens is 3. The normalized spacial score (nSPS) is 10.1. The van der Waals surface area contributed by atoms with Gasteiger partial charge >= 0.3 is 0 Å². The van der Waals surface area contributed by atoms with E-state index < -0.39 is 0 Å². The molecule has 16 heavy (non-hydrogen) atoms. The number of hydrogen-bond acceptors (Lipinski definition) is 5. The van der Waals surface area contributed by atoms with E-state index in [-0.39, 0.29) is 0 Å². The molecule has 0 aliphatic heterocycles. The smallest absolute Gasteiger partial charge is 0.258 e. The maximum absolute atomic E-state index is 8.81. The van der Waals surface area contributed by atoms with Gasteiger partial charge in [-0.15, -0.1) is 0 Å². The summed E-state index contributed by atoms with van der Waals surface area (Å²) in [6, 6.07) is 5.45. The second-order valence-corrected chi connectivity index (χ2v) is 3.36. The molecule has 0 bridgehead atoms. The highest BCUT2D eigenvalue weighted by Gasteiger charge is 2.09. The van der Waals surface area contributed by atoms with Gasteiger partial charge in [-0.25, -0.2) is 4.98 Å². The van der Waals surface area contributed by atoms with Crippen molar-refractivity contribution < 1.29 is 4.52 Å². The fourth-order valence-electron chi connectivity index (χ4n) is 1.36. The topological polar surface area (TPSA) is 75.6 Å². The summed E-state index contributed by atoms with van der Waals surface area (Å²) >= 11 is 0. The molecule has 5 nitrogen and oxygen atoms in total. The first-order valence-corrected chi connectivity index (χ1v) is 4.94. The lowest BCUT2D eigenvalue weighted by Crippen LogP contribution is -1.89. The Hall–Kier alpha value is -2.22. The first kappa shape index (κ1) is 10.3. The van der Waals surface area contributed by atoms with Gasteiger partial charge in [0.25, 0.3) is 5.89 Å². The standard InChI is InChI=1S/C11H10N4O/c1-3-10-14-11(16-15-10)8-4-7(2)13-9(5-8)6-12/h4-5H,3H2,1-2H3. The average molecular weight is 214 g/mol. The van der Waals surface area contributed by atoms with Crippen molar-refractivity contribution in [3.63, 3.8) is 0 Å². The van der Waals surface area contributed by atoms with Crippen LogP contribution in [-0.4, -0.2) is 15.1 Å². The van der Waals surface area contributed by atoms with Gasteiger partial charge in [-0.2, -0.15) is 10.2 Å². The van der Waals surface area contributed by atoms with Crippen molar-refractivity contribution in [3.05, 3.63) is 29.3 Å². The summed E-state index contributed by atoms with van der Waals surface area (Å²) in [7, 11) is 0. The van der Waals surface area contributed by atoms with Crippen molar-refractivity contribution in [2.45, 2.75) is 20.3 Å². The van der Waals surface area contributed by atoms with Crippen LogP contribution < -0.4 is 0 Å².